The van der Waals surface area contributed by atoms with Gasteiger partial charge in [0.2, 0.25) is 35.4 Å². The van der Waals surface area contributed by atoms with E-state index in [1.807, 2.05) is 55.7 Å². The minimum Gasteiger partial charge on any atom is -0.387 e. The van der Waals surface area contributed by atoms with Gasteiger partial charge in [-0.15, -0.1) is 0 Å². The van der Waals surface area contributed by atoms with Gasteiger partial charge in [0.15, 0.2) is 0 Å². The van der Waals surface area contributed by atoms with Gasteiger partial charge >= 0.3 is 0 Å². The topological polar surface area (TPSA) is 182 Å². The van der Waals surface area contributed by atoms with E-state index in [4.69, 9.17) is 0 Å². The molecule has 1 fully saturated rings. The first-order chi connectivity index (χ1) is 28.7. The van der Waals surface area contributed by atoms with E-state index >= 15 is 4.39 Å². The third-order valence-electron chi connectivity index (χ3n) is 11.0. The van der Waals surface area contributed by atoms with E-state index in [2.05, 4.69) is 21.3 Å². The zero-order chi connectivity index (χ0) is 45.2. The van der Waals surface area contributed by atoms with E-state index in [0.29, 0.717) is 37.1 Å². The monoisotopic (exact) mass is 849 g/mol. The number of carbonyl (C=O) groups excluding carboxylic acids is 6. The number of nitrogens with one attached hydrogen (secondary N) is 4. The second-order valence-electron chi connectivity index (χ2n) is 17.1. The number of carbonyl (C=O) groups is 6. The van der Waals surface area contributed by atoms with Crippen LogP contribution in [0.25, 0.3) is 11.1 Å². The number of aliphatic hydroxyl groups is 1. The fourth-order valence-electron chi connectivity index (χ4n) is 7.53. The Balaban J connectivity index is 1.72. The first-order valence-corrected chi connectivity index (χ1v) is 20.8. The Morgan fingerprint density at radius 3 is 2.21 bits per heavy atom. The number of nitrogens with zero attached hydrogens (tertiary/aromatic N) is 3. The van der Waals surface area contributed by atoms with E-state index in [0.717, 1.165) is 23.8 Å². The van der Waals surface area contributed by atoms with Crippen molar-refractivity contribution in [1.82, 2.24) is 35.6 Å². The Bertz CT molecular complexity index is 2040. The maximum Gasteiger partial charge on any atom is 0.248 e. The Labute approximate surface area is 356 Å². The van der Waals surface area contributed by atoms with E-state index < -0.39 is 83.4 Å². The largest absolute Gasteiger partial charge is 0.387 e. The average Bonchev–Trinajstić information content (AvgIpc) is 3.61. The van der Waals surface area contributed by atoms with Crippen LogP contribution < -0.4 is 21.3 Å². The highest BCUT2D eigenvalue weighted by Crippen LogP contribution is 2.41. The van der Waals surface area contributed by atoms with E-state index in [1.54, 1.807) is 19.2 Å². The molecule has 332 valence electrons. The van der Waals surface area contributed by atoms with Crippen molar-refractivity contribution in [3.05, 3.63) is 83.7 Å². The molecular weight excluding hydrogens is 789 g/mol. The second kappa shape index (κ2) is 21.2. The van der Waals surface area contributed by atoms with Crippen LogP contribution in [-0.4, -0.2) is 105 Å². The fraction of sp³-hybridized carbons (Fsp3) is 0.511. The summed E-state index contributed by atoms with van der Waals surface area (Å²) in [4.78, 5) is 83.2. The molecule has 4 rings (SSSR count). The van der Waals surface area contributed by atoms with Crippen molar-refractivity contribution in [2.45, 2.75) is 123 Å². The predicted molar refractivity (Wildman–Crippen MR) is 226 cm³/mol. The third kappa shape index (κ3) is 12.9. The van der Waals surface area contributed by atoms with Gasteiger partial charge in [-0.2, -0.15) is 0 Å². The standard InChI is InChI=1S/C45H61F2N7O7/c1-27-14-12-13-17-38(56)49-29(3)44(61)52(8)30(4)42(59)50-28(2)41(58)51-36(43(60)48-27)20-21-54(39(57)26-55)40(45(5,6)7)37-22-32(34-23-33(46)18-19-35(34)47)25-53(37)24-31-15-10-9-11-16-31/h9-11,15-16,18-19,22-23,25,27-30,36,40,55H,12-14,17,20-21,24,26H2,1-8H3,(H,48,60)(H,49,56)(H,50,59)(H,51,58)/t27?,28-,29-,30-,36-,40-/m0/s1. The maximum absolute atomic E-state index is 15.2. The van der Waals surface area contributed by atoms with Crippen molar-refractivity contribution in [2.75, 3.05) is 20.2 Å². The summed E-state index contributed by atoms with van der Waals surface area (Å²) < 4.78 is 31.6. The lowest BCUT2D eigenvalue weighted by Gasteiger charge is -2.41. The van der Waals surface area contributed by atoms with Gasteiger partial charge in [0.25, 0.3) is 0 Å². The Hall–Kier alpha value is -5.64. The van der Waals surface area contributed by atoms with Gasteiger partial charge in [-0.1, -0.05) is 57.5 Å². The second-order valence-corrected chi connectivity index (χ2v) is 17.1. The Kier molecular flexibility index (Phi) is 16.7. The summed E-state index contributed by atoms with van der Waals surface area (Å²) >= 11 is 0. The van der Waals surface area contributed by atoms with Crippen LogP contribution in [-0.2, 0) is 35.3 Å². The van der Waals surface area contributed by atoms with Gasteiger partial charge in [-0.25, -0.2) is 8.78 Å². The third-order valence-corrected chi connectivity index (χ3v) is 11.0. The van der Waals surface area contributed by atoms with Crippen LogP contribution in [0.5, 0.6) is 0 Å². The summed E-state index contributed by atoms with van der Waals surface area (Å²) in [5, 5.41) is 21.3. The highest BCUT2D eigenvalue weighted by molar-refractivity contribution is 5.95. The quantitative estimate of drug-likeness (QED) is 0.214. The molecule has 2 aromatic carbocycles. The number of benzene rings is 2. The molecule has 0 saturated carbocycles. The molecule has 1 aliphatic rings. The lowest BCUT2D eigenvalue weighted by atomic mass is 9.82. The SMILES string of the molecule is CC1CCCCC(=O)N[C@@H](C)C(=O)N(C)[C@@H](C)C(=O)N[C@@H](C)C(=O)N[C@@H](CCN(C(=O)CO)[C@@H](c2cc(-c3cc(F)ccc3F)cn2Cc2ccccc2)C(C)(C)C)C(=O)N1. The Morgan fingerprint density at radius 2 is 1.56 bits per heavy atom. The highest BCUT2D eigenvalue weighted by atomic mass is 19.1. The van der Waals surface area contributed by atoms with Crippen LogP contribution in [0.4, 0.5) is 8.78 Å². The number of rotatable bonds is 9. The lowest BCUT2D eigenvalue weighted by molar-refractivity contribution is -0.141. The van der Waals surface area contributed by atoms with E-state index in [-0.39, 0.29) is 36.9 Å². The summed E-state index contributed by atoms with van der Waals surface area (Å²) in [6.45, 7) is 11.2. The molecule has 0 bridgehead atoms. The number of halogens is 2. The van der Waals surface area contributed by atoms with Crippen molar-refractivity contribution in [3.63, 3.8) is 0 Å². The van der Waals surface area contributed by atoms with Gasteiger partial charge in [0.05, 0.1) is 6.04 Å². The minimum atomic E-state index is -1.23. The molecular formula is C45H61F2N7O7. The molecule has 6 amide bonds. The van der Waals surface area contributed by atoms with Crippen LogP contribution >= 0.6 is 0 Å². The highest BCUT2D eigenvalue weighted by Gasteiger charge is 2.38. The summed E-state index contributed by atoms with van der Waals surface area (Å²) in [5.41, 5.74) is 1.09. The van der Waals surface area contributed by atoms with Crippen LogP contribution in [0.1, 0.15) is 97.9 Å². The van der Waals surface area contributed by atoms with Crippen molar-refractivity contribution < 1.29 is 42.7 Å². The predicted octanol–water partition coefficient (Wildman–Crippen LogP) is 4.20. The molecule has 1 aromatic heterocycles. The van der Waals surface area contributed by atoms with Gasteiger partial charge in [0.1, 0.15) is 42.4 Å². The molecule has 14 nitrogen and oxygen atoms in total. The molecule has 5 N–H and O–H groups in total. The average molecular weight is 850 g/mol. The molecule has 0 aliphatic carbocycles. The number of hydrogen-bond acceptors (Lipinski definition) is 7. The molecule has 61 heavy (non-hydrogen) atoms. The van der Waals surface area contributed by atoms with Gasteiger partial charge in [-0.3, -0.25) is 28.8 Å². The van der Waals surface area contributed by atoms with Crippen LogP contribution in [0.2, 0.25) is 0 Å². The van der Waals surface area contributed by atoms with Crippen LogP contribution in [0.15, 0.2) is 60.8 Å². The number of likely N-dealkylation sites (N-methyl/N-ethyl adjacent to an activating group) is 1. The van der Waals surface area contributed by atoms with Crippen LogP contribution in [0.3, 0.4) is 0 Å². The normalized spacial score (nSPS) is 22.2. The summed E-state index contributed by atoms with van der Waals surface area (Å²) in [6.07, 6.45) is 3.25. The number of aromatic nitrogens is 1. The van der Waals surface area contributed by atoms with Crippen molar-refractivity contribution >= 4 is 35.4 Å². The van der Waals surface area contributed by atoms with Crippen molar-refractivity contribution in [1.29, 1.82) is 0 Å². The molecule has 16 heteroatoms. The maximum atomic E-state index is 15.2. The van der Waals surface area contributed by atoms with Crippen molar-refractivity contribution in [2.24, 2.45) is 5.41 Å². The number of aliphatic hydroxyl groups excluding tert-OH is 1. The van der Waals surface area contributed by atoms with Gasteiger partial charge in [-0.05, 0) is 82.2 Å². The van der Waals surface area contributed by atoms with E-state index in [1.165, 1.54) is 37.6 Å². The minimum absolute atomic E-state index is 0.0220. The molecule has 1 aliphatic heterocycles. The smallest absolute Gasteiger partial charge is 0.248 e. The summed E-state index contributed by atoms with van der Waals surface area (Å²) in [6, 6.07) is 8.84. The molecule has 0 spiro atoms. The number of amides is 6. The first kappa shape index (κ1) is 48.0. The molecule has 0 radical (unpaired) electrons. The van der Waals surface area contributed by atoms with Gasteiger partial charge in [0, 0.05) is 55.6 Å². The summed E-state index contributed by atoms with van der Waals surface area (Å²) in [5.74, 6) is -4.66. The fourth-order valence-corrected chi connectivity index (χ4v) is 7.53. The molecule has 6 atom stereocenters. The molecule has 3 aromatic rings. The molecule has 1 saturated heterocycles. The van der Waals surface area contributed by atoms with Gasteiger partial charge < -0.3 is 40.7 Å². The zero-order valence-corrected chi connectivity index (χ0v) is 36.4. The number of hydrogen-bond donors (Lipinski definition) is 5. The molecule has 1 unspecified atom stereocenters. The lowest BCUT2D eigenvalue weighted by Crippen LogP contribution is -2.57. The zero-order valence-electron chi connectivity index (χ0n) is 36.4. The first-order valence-electron chi connectivity index (χ1n) is 20.8. The summed E-state index contributed by atoms with van der Waals surface area (Å²) in [7, 11) is 1.42. The Morgan fingerprint density at radius 1 is 0.869 bits per heavy atom. The molecule has 2 heterocycles. The van der Waals surface area contributed by atoms with Crippen LogP contribution in [0, 0.1) is 17.0 Å². The van der Waals surface area contributed by atoms with Crippen molar-refractivity contribution in [3.8, 4) is 11.1 Å². The van der Waals surface area contributed by atoms with E-state index in [9.17, 15) is 38.3 Å².